The Morgan fingerprint density at radius 2 is 1.85 bits per heavy atom. The first kappa shape index (κ1) is 14.1. The van der Waals surface area contributed by atoms with Crippen LogP contribution in [0.25, 0.3) is 0 Å². The van der Waals surface area contributed by atoms with Crippen LogP contribution in [0.5, 0.6) is 11.5 Å². The molecule has 0 atom stereocenters. The maximum Gasteiger partial charge on any atom is 0.282 e. The van der Waals surface area contributed by atoms with E-state index in [4.69, 9.17) is 9.47 Å². The molecule has 2 aliphatic heterocycles. The van der Waals surface area contributed by atoms with Gasteiger partial charge in [0.15, 0.2) is 11.5 Å². The van der Waals surface area contributed by atoms with Gasteiger partial charge in [0.25, 0.3) is 10.2 Å². The van der Waals surface area contributed by atoms with E-state index in [9.17, 15) is 8.42 Å². The summed E-state index contributed by atoms with van der Waals surface area (Å²) in [5.41, 5.74) is 0.869. The first-order valence-electron chi connectivity index (χ1n) is 6.28. The van der Waals surface area contributed by atoms with E-state index in [1.807, 2.05) is 12.1 Å². The van der Waals surface area contributed by atoms with Crippen molar-refractivity contribution in [2.75, 3.05) is 33.4 Å². The minimum atomic E-state index is -3.33. The summed E-state index contributed by atoms with van der Waals surface area (Å²) in [6.45, 7) is 2.39. The number of fused-ring (bicyclic) bond motifs is 1. The Morgan fingerprint density at radius 3 is 2.45 bits per heavy atom. The predicted molar refractivity (Wildman–Crippen MR) is 77.1 cm³/mol. The topological polar surface area (TPSA) is 59.1 Å². The fourth-order valence-corrected chi connectivity index (χ4v) is 4.03. The van der Waals surface area contributed by atoms with Gasteiger partial charge in [-0.15, -0.1) is 0 Å². The highest BCUT2D eigenvalue weighted by Crippen LogP contribution is 2.36. The van der Waals surface area contributed by atoms with Gasteiger partial charge in [0.2, 0.25) is 0 Å². The molecule has 1 aromatic rings. The van der Waals surface area contributed by atoms with Crippen molar-refractivity contribution in [1.82, 2.24) is 8.61 Å². The third-order valence-corrected chi connectivity index (χ3v) is 6.12. The van der Waals surface area contributed by atoms with E-state index in [1.54, 1.807) is 7.05 Å². The first-order chi connectivity index (χ1) is 9.48. The van der Waals surface area contributed by atoms with E-state index in [1.165, 1.54) is 8.61 Å². The lowest BCUT2D eigenvalue weighted by Crippen LogP contribution is -2.30. The minimum absolute atomic E-state index is 0.323. The van der Waals surface area contributed by atoms with Crippen LogP contribution >= 0.6 is 15.9 Å². The van der Waals surface area contributed by atoms with Crippen LogP contribution in [-0.2, 0) is 16.8 Å². The standard InChI is InChI=1S/C12H15BrN2O4S/c1-14-2-3-15(20(14,16)17)8-9-6-11-12(7-10(9)13)19-5-4-18-11/h6-7H,2-5,8H2,1H3. The number of benzene rings is 1. The molecule has 0 saturated carbocycles. The molecule has 6 nitrogen and oxygen atoms in total. The molecular weight excluding hydrogens is 348 g/mol. The van der Waals surface area contributed by atoms with Crippen LogP contribution < -0.4 is 9.47 Å². The van der Waals surface area contributed by atoms with Gasteiger partial charge in [-0.3, -0.25) is 0 Å². The van der Waals surface area contributed by atoms with E-state index >= 15 is 0 Å². The van der Waals surface area contributed by atoms with Gasteiger partial charge < -0.3 is 9.47 Å². The van der Waals surface area contributed by atoms with Gasteiger partial charge >= 0.3 is 0 Å². The summed E-state index contributed by atoms with van der Waals surface area (Å²) in [6.07, 6.45) is 0. The van der Waals surface area contributed by atoms with Crippen LogP contribution in [0.4, 0.5) is 0 Å². The van der Waals surface area contributed by atoms with E-state index in [0.29, 0.717) is 44.3 Å². The molecule has 110 valence electrons. The second-order valence-corrected chi connectivity index (χ2v) is 7.64. The number of rotatable bonds is 2. The van der Waals surface area contributed by atoms with E-state index in [0.717, 1.165) is 10.0 Å². The molecule has 20 heavy (non-hydrogen) atoms. The van der Waals surface area contributed by atoms with Crippen LogP contribution in [0.2, 0.25) is 0 Å². The number of ether oxygens (including phenoxy) is 2. The molecule has 0 radical (unpaired) electrons. The van der Waals surface area contributed by atoms with E-state index in [-0.39, 0.29) is 0 Å². The van der Waals surface area contributed by atoms with Gasteiger partial charge in [0, 0.05) is 31.2 Å². The fraction of sp³-hybridized carbons (Fsp3) is 0.500. The summed E-state index contributed by atoms with van der Waals surface area (Å²) >= 11 is 3.46. The van der Waals surface area contributed by atoms with Crippen molar-refractivity contribution in [3.8, 4) is 11.5 Å². The van der Waals surface area contributed by atoms with Crippen LogP contribution in [0, 0.1) is 0 Å². The average molecular weight is 363 g/mol. The lowest BCUT2D eigenvalue weighted by molar-refractivity contribution is 0.171. The molecule has 0 aromatic heterocycles. The number of likely N-dealkylation sites (N-methyl/N-ethyl adjacent to an activating group) is 1. The maximum atomic E-state index is 12.1. The normalized spacial score (nSPS) is 22.1. The molecule has 0 bridgehead atoms. The van der Waals surface area contributed by atoms with Crippen molar-refractivity contribution in [1.29, 1.82) is 0 Å². The largest absolute Gasteiger partial charge is 0.486 e. The highest BCUT2D eigenvalue weighted by atomic mass is 79.9. The SMILES string of the molecule is CN1CCN(Cc2cc3c(cc2Br)OCCO3)S1(=O)=O. The van der Waals surface area contributed by atoms with E-state index < -0.39 is 10.2 Å². The molecule has 1 aromatic carbocycles. The van der Waals surface area contributed by atoms with Crippen LogP contribution in [0.15, 0.2) is 16.6 Å². The zero-order valence-electron chi connectivity index (χ0n) is 11.0. The summed E-state index contributed by atoms with van der Waals surface area (Å²) in [7, 11) is -1.74. The summed E-state index contributed by atoms with van der Waals surface area (Å²) in [4.78, 5) is 0. The number of hydrogen-bond donors (Lipinski definition) is 0. The Kier molecular flexibility index (Phi) is 3.65. The lowest BCUT2D eigenvalue weighted by Gasteiger charge is -2.21. The Bertz CT molecular complexity index is 635. The number of nitrogens with zero attached hydrogens (tertiary/aromatic N) is 2. The monoisotopic (exact) mass is 362 g/mol. The van der Waals surface area contributed by atoms with Gasteiger partial charge in [0.05, 0.1) is 0 Å². The van der Waals surface area contributed by atoms with Crippen LogP contribution in [-0.4, -0.2) is 50.4 Å². The molecule has 3 rings (SSSR count). The van der Waals surface area contributed by atoms with Crippen molar-refractivity contribution in [3.05, 3.63) is 22.2 Å². The zero-order chi connectivity index (χ0) is 14.3. The van der Waals surface area contributed by atoms with Crippen molar-refractivity contribution in [2.24, 2.45) is 0 Å². The molecule has 2 heterocycles. The Labute approximate surface area is 126 Å². The van der Waals surface area contributed by atoms with Crippen LogP contribution in [0.3, 0.4) is 0 Å². The second-order valence-electron chi connectivity index (χ2n) is 4.75. The smallest absolute Gasteiger partial charge is 0.282 e. The molecule has 0 unspecified atom stereocenters. The average Bonchev–Trinajstić information content (AvgIpc) is 2.66. The molecule has 0 aliphatic carbocycles. The summed E-state index contributed by atoms with van der Waals surface area (Å²) in [5.74, 6) is 1.35. The number of hydrogen-bond acceptors (Lipinski definition) is 4. The predicted octanol–water partition coefficient (Wildman–Crippen LogP) is 1.21. The molecule has 0 spiro atoms. The number of halogens is 1. The van der Waals surface area contributed by atoms with Crippen LogP contribution in [0.1, 0.15) is 5.56 Å². The summed E-state index contributed by atoms with van der Waals surface area (Å²) in [6, 6.07) is 3.67. The second kappa shape index (κ2) is 5.18. The van der Waals surface area contributed by atoms with Gasteiger partial charge in [-0.1, -0.05) is 15.9 Å². The van der Waals surface area contributed by atoms with Crippen molar-refractivity contribution >= 4 is 26.1 Å². The highest BCUT2D eigenvalue weighted by molar-refractivity contribution is 9.10. The lowest BCUT2D eigenvalue weighted by atomic mass is 10.2. The Balaban J connectivity index is 1.88. The van der Waals surface area contributed by atoms with Crippen molar-refractivity contribution < 1.29 is 17.9 Å². The van der Waals surface area contributed by atoms with Crippen molar-refractivity contribution in [2.45, 2.75) is 6.54 Å². The summed E-state index contributed by atoms with van der Waals surface area (Å²) < 4.78 is 38.8. The minimum Gasteiger partial charge on any atom is -0.486 e. The molecule has 8 heteroatoms. The fourth-order valence-electron chi connectivity index (χ4n) is 2.26. The zero-order valence-corrected chi connectivity index (χ0v) is 13.4. The summed E-state index contributed by atoms with van der Waals surface area (Å²) in [5, 5.41) is 0. The molecule has 1 fully saturated rings. The maximum absolute atomic E-state index is 12.1. The van der Waals surface area contributed by atoms with Gasteiger partial charge in [0.1, 0.15) is 13.2 Å². The van der Waals surface area contributed by atoms with Gasteiger partial charge in [-0.05, 0) is 17.7 Å². The Hall–Kier alpha value is -0.830. The third kappa shape index (κ3) is 2.41. The first-order valence-corrected chi connectivity index (χ1v) is 8.47. The van der Waals surface area contributed by atoms with Gasteiger partial charge in [-0.2, -0.15) is 17.0 Å². The third-order valence-electron chi connectivity index (χ3n) is 3.44. The highest BCUT2D eigenvalue weighted by Gasteiger charge is 2.34. The van der Waals surface area contributed by atoms with Crippen molar-refractivity contribution in [3.63, 3.8) is 0 Å². The molecule has 1 saturated heterocycles. The molecule has 0 amide bonds. The van der Waals surface area contributed by atoms with Gasteiger partial charge in [-0.25, -0.2) is 0 Å². The quantitative estimate of drug-likeness (QED) is 0.793. The molecular formula is C12H15BrN2O4S. The molecule has 0 N–H and O–H groups in total. The Morgan fingerprint density at radius 1 is 1.20 bits per heavy atom. The van der Waals surface area contributed by atoms with E-state index in [2.05, 4.69) is 15.9 Å². The molecule has 2 aliphatic rings.